The molecule has 0 spiro atoms. The van der Waals surface area contributed by atoms with Crippen LogP contribution in [0.2, 0.25) is 5.15 Å². The molecule has 0 saturated heterocycles. The van der Waals surface area contributed by atoms with Crippen LogP contribution >= 0.6 is 27.5 Å². The van der Waals surface area contributed by atoms with Crippen LogP contribution in [0, 0.1) is 5.92 Å². The topological polar surface area (TPSA) is 42.0 Å². The third-order valence-electron chi connectivity index (χ3n) is 3.04. The predicted molar refractivity (Wildman–Crippen MR) is 87.2 cm³/mol. The van der Waals surface area contributed by atoms with Crippen LogP contribution in [-0.4, -0.2) is 17.4 Å². The lowest BCUT2D eigenvalue weighted by atomic mass is 10.0. The number of pyridine rings is 1. The summed E-state index contributed by atoms with van der Waals surface area (Å²) in [4.78, 5) is 15.9. The predicted octanol–water partition coefficient (Wildman–Crippen LogP) is 4.83. The summed E-state index contributed by atoms with van der Waals surface area (Å²) in [6, 6.07) is 1.69. The van der Waals surface area contributed by atoms with Crippen molar-refractivity contribution in [3.05, 3.63) is 27.5 Å². The Kier molecular flexibility index (Phi) is 8.15. The van der Waals surface area contributed by atoms with Crippen LogP contribution in [0.15, 0.2) is 16.7 Å². The molecule has 0 aromatic carbocycles. The summed E-state index contributed by atoms with van der Waals surface area (Å²) in [7, 11) is 0. The average Bonchev–Trinajstić information content (AvgIpc) is 2.39. The van der Waals surface area contributed by atoms with Crippen molar-refractivity contribution in [1.82, 2.24) is 10.3 Å². The molecule has 0 aliphatic carbocycles. The zero-order valence-electron chi connectivity index (χ0n) is 12.1. The minimum Gasteiger partial charge on any atom is -0.352 e. The molecule has 0 radical (unpaired) electrons. The van der Waals surface area contributed by atoms with Crippen LogP contribution in [0.3, 0.4) is 0 Å². The van der Waals surface area contributed by atoms with Gasteiger partial charge in [-0.15, -0.1) is 0 Å². The van der Waals surface area contributed by atoms with E-state index in [-0.39, 0.29) is 11.1 Å². The quantitative estimate of drug-likeness (QED) is 0.532. The molecule has 20 heavy (non-hydrogen) atoms. The first-order valence-electron chi connectivity index (χ1n) is 7.10. The smallest absolute Gasteiger partial charge is 0.254 e. The number of amides is 1. The molecule has 0 atom stereocenters. The highest BCUT2D eigenvalue weighted by Gasteiger charge is 2.11. The molecule has 5 heteroatoms. The maximum atomic E-state index is 11.9. The third-order valence-corrected chi connectivity index (χ3v) is 3.78. The first-order chi connectivity index (χ1) is 9.50. The summed E-state index contributed by atoms with van der Waals surface area (Å²) in [5.41, 5.74) is 0.417. The summed E-state index contributed by atoms with van der Waals surface area (Å²) in [5, 5.41) is 3.12. The molecule has 1 rings (SSSR count). The highest BCUT2D eigenvalue weighted by molar-refractivity contribution is 9.10. The van der Waals surface area contributed by atoms with Crippen molar-refractivity contribution in [3.63, 3.8) is 0 Å². The summed E-state index contributed by atoms with van der Waals surface area (Å²) < 4.78 is 0.751. The second-order valence-corrected chi connectivity index (χ2v) is 6.62. The number of aromatic nitrogens is 1. The number of nitrogens with zero attached hydrogens (tertiary/aromatic N) is 1. The van der Waals surface area contributed by atoms with Gasteiger partial charge in [0.15, 0.2) is 0 Å². The Balaban J connectivity index is 2.22. The normalized spacial score (nSPS) is 10.8. The number of halogens is 2. The highest BCUT2D eigenvalue weighted by atomic mass is 79.9. The van der Waals surface area contributed by atoms with Gasteiger partial charge in [0.25, 0.3) is 5.91 Å². The van der Waals surface area contributed by atoms with Gasteiger partial charge in [-0.3, -0.25) is 4.79 Å². The molecule has 3 nitrogen and oxygen atoms in total. The summed E-state index contributed by atoms with van der Waals surface area (Å²) in [6.07, 6.45) is 7.51. The van der Waals surface area contributed by atoms with E-state index in [0.717, 1.165) is 23.2 Å². The highest BCUT2D eigenvalue weighted by Crippen LogP contribution is 2.17. The van der Waals surface area contributed by atoms with Crippen molar-refractivity contribution >= 4 is 33.4 Å². The largest absolute Gasteiger partial charge is 0.352 e. The molecule has 1 aromatic rings. The van der Waals surface area contributed by atoms with Gasteiger partial charge in [0, 0.05) is 17.2 Å². The van der Waals surface area contributed by atoms with Crippen LogP contribution in [0.1, 0.15) is 56.3 Å². The van der Waals surface area contributed by atoms with E-state index in [2.05, 4.69) is 40.1 Å². The number of nitrogens with one attached hydrogen (secondary N) is 1. The van der Waals surface area contributed by atoms with Gasteiger partial charge in [0.2, 0.25) is 0 Å². The molecule has 0 bridgehead atoms. The Bertz CT molecular complexity index is 438. The number of unbranched alkanes of at least 4 members (excludes halogenated alkanes) is 3. The second-order valence-electron chi connectivity index (χ2n) is 5.34. The number of carbonyl (C=O) groups excluding carboxylic acids is 1. The van der Waals surface area contributed by atoms with Crippen LogP contribution in [0.4, 0.5) is 0 Å². The lowest BCUT2D eigenvalue weighted by molar-refractivity contribution is 0.0952. The van der Waals surface area contributed by atoms with Crippen molar-refractivity contribution in [3.8, 4) is 0 Å². The molecule has 0 aliphatic rings. The van der Waals surface area contributed by atoms with Crippen molar-refractivity contribution in [2.75, 3.05) is 6.54 Å². The van der Waals surface area contributed by atoms with Gasteiger partial charge in [-0.2, -0.15) is 0 Å². The molecule has 0 unspecified atom stereocenters. The molecular weight excluding hydrogens is 340 g/mol. The lowest BCUT2D eigenvalue weighted by Crippen LogP contribution is -2.25. The second kappa shape index (κ2) is 9.35. The number of hydrogen-bond acceptors (Lipinski definition) is 2. The van der Waals surface area contributed by atoms with Crippen LogP contribution in [0.5, 0.6) is 0 Å². The van der Waals surface area contributed by atoms with E-state index in [9.17, 15) is 4.79 Å². The lowest BCUT2D eigenvalue weighted by Gasteiger charge is -2.07. The summed E-state index contributed by atoms with van der Waals surface area (Å²) in [5.74, 6) is 0.617. The van der Waals surface area contributed by atoms with E-state index in [1.54, 1.807) is 12.3 Å². The summed E-state index contributed by atoms with van der Waals surface area (Å²) in [6.45, 7) is 5.18. The van der Waals surface area contributed by atoms with E-state index >= 15 is 0 Å². The molecule has 0 saturated carbocycles. The van der Waals surface area contributed by atoms with Gasteiger partial charge in [-0.25, -0.2) is 4.98 Å². The minimum atomic E-state index is -0.161. The maximum absolute atomic E-state index is 11.9. The van der Waals surface area contributed by atoms with Crippen molar-refractivity contribution in [2.24, 2.45) is 5.92 Å². The number of carbonyl (C=O) groups is 1. The SMILES string of the molecule is CC(C)CCCCCCNC(=O)c1cc(Br)cnc1Cl. The monoisotopic (exact) mass is 360 g/mol. The van der Waals surface area contributed by atoms with E-state index in [1.165, 1.54) is 19.3 Å². The summed E-state index contributed by atoms with van der Waals surface area (Å²) >= 11 is 9.19. The zero-order chi connectivity index (χ0) is 15.0. The van der Waals surface area contributed by atoms with E-state index < -0.39 is 0 Å². The third kappa shape index (κ3) is 6.71. The van der Waals surface area contributed by atoms with Crippen LogP contribution in [0.25, 0.3) is 0 Å². The van der Waals surface area contributed by atoms with Gasteiger partial charge in [0.1, 0.15) is 5.15 Å². The van der Waals surface area contributed by atoms with Crippen LogP contribution < -0.4 is 5.32 Å². The fourth-order valence-electron chi connectivity index (χ4n) is 1.91. The first kappa shape index (κ1) is 17.4. The molecule has 0 aliphatic heterocycles. The number of hydrogen-bond donors (Lipinski definition) is 1. The maximum Gasteiger partial charge on any atom is 0.254 e. The van der Waals surface area contributed by atoms with Crippen molar-refractivity contribution in [1.29, 1.82) is 0 Å². The Labute approximate surface area is 134 Å². The van der Waals surface area contributed by atoms with Crippen molar-refractivity contribution in [2.45, 2.75) is 46.0 Å². The fourth-order valence-corrected chi connectivity index (χ4v) is 2.43. The van der Waals surface area contributed by atoms with Gasteiger partial charge in [-0.05, 0) is 34.3 Å². The van der Waals surface area contributed by atoms with Gasteiger partial charge < -0.3 is 5.32 Å². The molecule has 112 valence electrons. The standard InChI is InChI=1S/C15H22BrClN2O/c1-11(2)7-5-3-4-6-8-18-15(20)13-9-12(16)10-19-14(13)17/h9-11H,3-8H2,1-2H3,(H,18,20). The Morgan fingerprint density at radius 2 is 2.05 bits per heavy atom. The van der Waals surface area contributed by atoms with E-state index in [0.29, 0.717) is 12.1 Å². The average molecular weight is 362 g/mol. The zero-order valence-corrected chi connectivity index (χ0v) is 14.4. The molecule has 0 fully saturated rings. The first-order valence-corrected chi connectivity index (χ1v) is 8.27. The Hall–Kier alpha value is -0.610. The molecule has 1 amide bonds. The van der Waals surface area contributed by atoms with Crippen LogP contribution in [-0.2, 0) is 0 Å². The van der Waals surface area contributed by atoms with E-state index in [1.807, 2.05) is 0 Å². The Morgan fingerprint density at radius 1 is 1.35 bits per heavy atom. The Morgan fingerprint density at radius 3 is 2.75 bits per heavy atom. The van der Waals surface area contributed by atoms with E-state index in [4.69, 9.17) is 11.6 Å². The molecular formula is C15H22BrClN2O. The molecule has 1 heterocycles. The van der Waals surface area contributed by atoms with Crippen molar-refractivity contribution < 1.29 is 4.79 Å². The minimum absolute atomic E-state index is 0.161. The molecule has 1 N–H and O–H groups in total. The van der Waals surface area contributed by atoms with Gasteiger partial charge in [-0.1, -0.05) is 51.1 Å². The van der Waals surface area contributed by atoms with Gasteiger partial charge in [0.05, 0.1) is 5.56 Å². The fraction of sp³-hybridized carbons (Fsp3) is 0.600. The number of rotatable bonds is 8. The molecule has 1 aromatic heterocycles. The van der Waals surface area contributed by atoms with Gasteiger partial charge >= 0.3 is 0 Å².